The van der Waals surface area contributed by atoms with Gasteiger partial charge in [-0.3, -0.25) is 0 Å². The van der Waals surface area contributed by atoms with E-state index in [1.807, 2.05) is 0 Å². The number of rotatable bonds is 1. The Kier molecular flexibility index (Phi) is 16.2. The van der Waals surface area contributed by atoms with Crippen LogP contribution < -0.4 is 5.32 Å². The maximum atomic E-state index is 3.50. The van der Waals surface area contributed by atoms with Crippen LogP contribution in [0.2, 0.25) is 0 Å². The second-order valence-corrected chi connectivity index (χ2v) is 5.99. The third-order valence-electron chi connectivity index (χ3n) is 2.06. The number of allylic oxidation sites excluding steroid dienone is 5. The smallest absolute Gasteiger partial charge is 0.668 e. The molecular weight excluding hydrogens is 342 g/mol. The summed E-state index contributed by atoms with van der Waals surface area (Å²) in [6.07, 6.45) is 5.54. The Labute approximate surface area is 147 Å². The zero-order valence-corrected chi connectivity index (χ0v) is 17.4. The molecule has 0 saturated carbocycles. The van der Waals surface area contributed by atoms with Crippen LogP contribution in [0, 0.1) is 6.08 Å². The molecule has 0 fully saturated rings. The molecule has 0 aliphatic heterocycles. The van der Waals surface area contributed by atoms with Crippen LogP contribution in [-0.2, 0) is 21.1 Å². The van der Waals surface area contributed by atoms with Crippen molar-refractivity contribution in [1.82, 2.24) is 5.32 Å². The first kappa shape index (κ1) is 25.6. The van der Waals surface area contributed by atoms with Gasteiger partial charge in [0, 0.05) is 5.54 Å². The van der Waals surface area contributed by atoms with Crippen LogP contribution in [-0.4, -0.2) is 33.7 Å². The Morgan fingerprint density at radius 2 is 1.43 bits per heavy atom. The molecule has 0 aromatic rings. The normalized spacial score (nSPS) is 12.8. The van der Waals surface area contributed by atoms with Gasteiger partial charge in [-0.15, -0.1) is 17.2 Å². The van der Waals surface area contributed by atoms with Crippen LogP contribution in [0.5, 0.6) is 0 Å². The van der Waals surface area contributed by atoms with E-state index in [1.165, 1.54) is 22.4 Å². The summed E-state index contributed by atoms with van der Waals surface area (Å²) in [7, 11) is 7.00. The molecule has 0 unspecified atom stereocenters. The summed E-state index contributed by atoms with van der Waals surface area (Å²) >= 11 is 0. The summed E-state index contributed by atoms with van der Waals surface area (Å²) in [5.74, 6) is 0. The molecule has 0 aromatic carbocycles. The van der Waals surface area contributed by atoms with Gasteiger partial charge in [0.1, 0.15) is 0 Å². The molecule has 1 N–H and O–H groups in total. The summed E-state index contributed by atoms with van der Waals surface area (Å²) in [4.78, 5) is 0. The molecule has 0 aromatic heterocycles. The minimum absolute atomic E-state index is 0. The fourth-order valence-electron chi connectivity index (χ4n) is 1.36. The number of nitrogens with zero attached hydrogens (tertiary/aromatic N) is 2. The van der Waals surface area contributed by atoms with Gasteiger partial charge in [0.2, 0.25) is 0 Å². The zero-order chi connectivity index (χ0) is 16.3. The van der Waals surface area contributed by atoms with Gasteiger partial charge >= 0.3 is 21.1 Å². The summed E-state index contributed by atoms with van der Waals surface area (Å²) in [6, 6.07) is 0. The van der Waals surface area contributed by atoms with Crippen molar-refractivity contribution in [2.24, 2.45) is 0 Å². The van der Waals surface area contributed by atoms with Crippen molar-refractivity contribution >= 4 is 0 Å². The van der Waals surface area contributed by atoms with E-state index >= 15 is 0 Å². The molecule has 0 atom stereocenters. The van der Waals surface area contributed by atoms with E-state index in [2.05, 4.69) is 69.6 Å². The van der Waals surface area contributed by atoms with Gasteiger partial charge in [-0.1, -0.05) is 26.5 Å². The van der Waals surface area contributed by atoms with Crippen molar-refractivity contribution in [2.45, 2.75) is 47.1 Å². The molecule has 0 bridgehead atoms. The minimum atomic E-state index is 0. The number of nitrogens with one attached hydrogen (secondary N) is 1. The average Bonchev–Trinajstić information content (AvgIpc) is 2.60. The molecule has 0 heterocycles. The van der Waals surface area contributed by atoms with Gasteiger partial charge < -0.3 is 16.0 Å². The standard InChI is InChI=1S/C13H20N.2C2H6N.Mo/c1-9(2)11-7-10(3)12(8-11)14-13(4,5)6;2*1-3-2;/h8,14H,1-6H3;2*1-2H3;/q3*-1;+3. The molecule has 0 saturated heterocycles. The monoisotopic (exact) mass is 376 g/mol. The fraction of sp³-hybridized carbons (Fsp3) is 0.647. The van der Waals surface area contributed by atoms with E-state index in [0.29, 0.717) is 0 Å². The quantitative estimate of drug-likeness (QED) is 0.529. The Bertz CT molecular complexity index is 355. The summed E-state index contributed by atoms with van der Waals surface area (Å²) < 4.78 is 0. The van der Waals surface area contributed by atoms with E-state index in [-0.39, 0.29) is 26.6 Å². The first-order chi connectivity index (χ1) is 9.12. The van der Waals surface area contributed by atoms with Crippen molar-refractivity contribution in [2.75, 3.05) is 28.2 Å². The molecule has 4 heteroatoms. The molecule has 1 aliphatic rings. The van der Waals surface area contributed by atoms with Crippen LogP contribution in [0.25, 0.3) is 10.6 Å². The Balaban J connectivity index is -0.000000400. The third-order valence-corrected chi connectivity index (χ3v) is 2.06. The second-order valence-electron chi connectivity index (χ2n) is 5.99. The molecule has 1 rings (SSSR count). The van der Waals surface area contributed by atoms with Crippen LogP contribution in [0.1, 0.15) is 41.5 Å². The Morgan fingerprint density at radius 1 is 1.05 bits per heavy atom. The van der Waals surface area contributed by atoms with Gasteiger partial charge in [0.25, 0.3) is 0 Å². The van der Waals surface area contributed by atoms with Crippen LogP contribution in [0.3, 0.4) is 0 Å². The summed E-state index contributed by atoms with van der Waals surface area (Å²) in [6.45, 7) is 12.8. The van der Waals surface area contributed by atoms with E-state index < -0.39 is 0 Å². The van der Waals surface area contributed by atoms with Crippen molar-refractivity contribution in [3.05, 3.63) is 45.2 Å². The van der Waals surface area contributed by atoms with Crippen LogP contribution in [0.4, 0.5) is 0 Å². The Morgan fingerprint density at radius 3 is 1.67 bits per heavy atom. The van der Waals surface area contributed by atoms with E-state index in [1.54, 1.807) is 28.2 Å². The molecular formula is C17H32MoN3. The molecule has 21 heavy (non-hydrogen) atoms. The van der Waals surface area contributed by atoms with Gasteiger partial charge in [0.15, 0.2) is 0 Å². The van der Waals surface area contributed by atoms with E-state index in [4.69, 9.17) is 0 Å². The van der Waals surface area contributed by atoms with Crippen LogP contribution >= 0.6 is 0 Å². The molecule has 1 radical (unpaired) electrons. The topological polar surface area (TPSA) is 40.2 Å². The van der Waals surface area contributed by atoms with E-state index in [0.717, 1.165) is 0 Å². The molecule has 3 nitrogen and oxygen atoms in total. The SMILES string of the molecule is CC1=[C-]C(=C(C)C)C=C1NC(C)(C)C.C[N-]C.C[N-]C.[Mo+3]. The number of hydrogen-bond acceptors (Lipinski definition) is 1. The molecule has 0 spiro atoms. The minimum Gasteiger partial charge on any atom is -0.668 e. The van der Waals surface area contributed by atoms with Gasteiger partial charge in [0.05, 0.1) is 0 Å². The molecule has 1 aliphatic carbocycles. The number of hydrogen-bond donors (Lipinski definition) is 1. The predicted octanol–water partition coefficient (Wildman–Crippen LogP) is 4.59. The van der Waals surface area contributed by atoms with Crippen molar-refractivity contribution in [3.63, 3.8) is 0 Å². The van der Waals surface area contributed by atoms with Gasteiger partial charge in [-0.25, -0.2) is 0 Å². The van der Waals surface area contributed by atoms with E-state index in [9.17, 15) is 0 Å². The fourth-order valence-corrected chi connectivity index (χ4v) is 1.36. The first-order valence-electron chi connectivity index (χ1n) is 6.87. The van der Waals surface area contributed by atoms with Crippen molar-refractivity contribution in [1.29, 1.82) is 0 Å². The molecule has 121 valence electrons. The second kappa shape index (κ2) is 13.3. The zero-order valence-electron chi connectivity index (χ0n) is 15.4. The third kappa shape index (κ3) is 14.3. The van der Waals surface area contributed by atoms with Crippen molar-refractivity contribution in [3.8, 4) is 0 Å². The van der Waals surface area contributed by atoms with Crippen LogP contribution in [0.15, 0.2) is 28.5 Å². The van der Waals surface area contributed by atoms with Gasteiger partial charge in [-0.05, 0) is 20.8 Å². The maximum Gasteiger partial charge on any atom is 3.00 e. The predicted molar refractivity (Wildman–Crippen MR) is 92.2 cm³/mol. The van der Waals surface area contributed by atoms with Crippen molar-refractivity contribution < 1.29 is 21.1 Å². The maximum absolute atomic E-state index is 3.50. The first-order valence-corrected chi connectivity index (χ1v) is 6.87. The Hall–Kier alpha value is -0.372. The van der Waals surface area contributed by atoms with Gasteiger partial charge in [-0.2, -0.15) is 39.8 Å². The largest absolute Gasteiger partial charge is 3.00 e. The molecule has 0 amide bonds. The summed E-state index contributed by atoms with van der Waals surface area (Å²) in [5, 5.41) is 10.5. The summed E-state index contributed by atoms with van der Waals surface area (Å²) in [5.41, 5.74) is 5.06. The average molecular weight is 374 g/mol.